The fraction of sp³-hybridized carbons (Fsp3) is 0.471. The van der Waals surface area contributed by atoms with Gasteiger partial charge in [0.05, 0.1) is 5.92 Å². The van der Waals surface area contributed by atoms with E-state index in [0.717, 1.165) is 5.56 Å². The van der Waals surface area contributed by atoms with Gasteiger partial charge in [-0.1, -0.05) is 0 Å². The Morgan fingerprint density at radius 1 is 1.21 bits per heavy atom. The average Bonchev–Trinajstić information content (AvgIpc) is 3.17. The highest BCUT2D eigenvalue weighted by Crippen LogP contribution is 2.55. The van der Waals surface area contributed by atoms with Crippen molar-refractivity contribution in [2.75, 3.05) is 13.9 Å². The van der Waals surface area contributed by atoms with Gasteiger partial charge in [-0.25, -0.2) is 0 Å². The lowest BCUT2D eigenvalue weighted by Gasteiger charge is -2.46. The lowest BCUT2D eigenvalue weighted by atomic mass is 9.75. The van der Waals surface area contributed by atoms with Gasteiger partial charge in [-0.05, 0) is 12.5 Å². The molecular weight excluding hydrogens is 316 g/mol. The van der Waals surface area contributed by atoms with E-state index in [1.807, 2.05) is 6.07 Å². The second-order valence-corrected chi connectivity index (χ2v) is 6.43. The van der Waals surface area contributed by atoms with E-state index < -0.39 is 18.0 Å². The van der Waals surface area contributed by atoms with Crippen LogP contribution in [0.1, 0.15) is 24.3 Å². The van der Waals surface area contributed by atoms with Crippen molar-refractivity contribution >= 4 is 5.78 Å². The molecule has 0 saturated carbocycles. The summed E-state index contributed by atoms with van der Waals surface area (Å²) in [5, 5.41) is 11.2. The Balaban J connectivity index is 1.63. The van der Waals surface area contributed by atoms with Crippen LogP contribution in [0.3, 0.4) is 0 Å². The molecule has 126 valence electrons. The maximum atomic E-state index is 11.7. The number of ether oxygens (including phenoxy) is 5. The van der Waals surface area contributed by atoms with Gasteiger partial charge in [0, 0.05) is 31.2 Å². The number of carbonyl (C=O) groups excluding carboxylic acids is 1. The Labute approximate surface area is 137 Å². The number of aliphatic hydroxyl groups is 1. The summed E-state index contributed by atoms with van der Waals surface area (Å²) >= 11 is 0. The topological polar surface area (TPSA) is 83.5 Å². The van der Waals surface area contributed by atoms with Gasteiger partial charge in [0.15, 0.2) is 22.9 Å². The first-order valence-electron chi connectivity index (χ1n) is 7.87. The molecule has 7 heteroatoms. The third-order valence-corrected chi connectivity index (χ3v) is 5.15. The molecule has 0 amide bonds. The first-order valence-corrected chi connectivity index (χ1v) is 7.87. The number of ketones is 1. The first kappa shape index (κ1) is 14.1. The van der Waals surface area contributed by atoms with Gasteiger partial charge in [0.2, 0.25) is 13.1 Å². The zero-order valence-electron chi connectivity index (χ0n) is 13.0. The Hall–Kier alpha value is -2.25. The smallest absolute Gasteiger partial charge is 0.231 e. The average molecular weight is 332 g/mol. The molecule has 0 unspecified atom stereocenters. The summed E-state index contributed by atoms with van der Waals surface area (Å²) in [4.78, 5) is 11.7. The van der Waals surface area contributed by atoms with Gasteiger partial charge in [-0.2, -0.15) is 0 Å². The summed E-state index contributed by atoms with van der Waals surface area (Å²) in [5.41, 5.74) is -0.501. The highest BCUT2D eigenvalue weighted by Gasteiger charge is 2.60. The number of hydrogen-bond donors (Lipinski definition) is 1. The molecule has 0 aromatic heterocycles. The van der Waals surface area contributed by atoms with Crippen molar-refractivity contribution in [3.05, 3.63) is 29.5 Å². The van der Waals surface area contributed by atoms with Crippen LogP contribution in [0.25, 0.3) is 0 Å². The van der Waals surface area contributed by atoms with Crippen LogP contribution >= 0.6 is 0 Å². The molecule has 4 aliphatic rings. The van der Waals surface area contributed by atoms with E-state index >= 15 is 0 Å². The Morgan fingerprint density at radius 2 is 2.00 bits per heavy atom. The second-order valence-electron chi connectivity index (χ2n) is 6.43. The molecule has 7 nitrogen and oxygen atoms in total. The van der Waals surface area contributed by atoms with Gasteiger partial charge < -0.3 is 28.8 Å². The zero-order chi connectivity index (χ0) is 16.5. The molecule has 3 heterocycles. The lowest BCUT2D eigenvalue weighted by Crippen LogP contribution is -2.57. The fourth-order valence-electron chi connectivity index (χ4n) is 3.95. The summed E-state index contributed by atoms with van der Waals surface area (Å²) in [5.74, 6) is 1.70. The van der Waals surface area contributed by atoms with Crippen molar-refractivity contribution < 1.29 is 33.6 Å². The molecule has 1 aliphatic carbocycles. The molecule has 1 N–H and O–H groups in total. The maximum Gasteiger partial charge on any atom is 0.231 e. The van der Waals surface area contributed by atoms with Crippen molar-refractivity contribution in [2.24, 2.45) is 0 Å². The van der Waals surface area contributed by atoms with Crippen LogP contribution in [0.5, 0.6) is 17.2 Å². The lowest BCUT2D eigenvalue weighted by molar-refractivity contribution is -0.211. The van der Waals surface area contributed by atoms with Crippen molar-refractivity contribution in [3.63, 3.8) is 0 Å². The van der Waals surface area contributed by atoms with Crippen LogP contribution in [0.2, 0.25) is 0 Å². The van der Waals surface area contributed by atoms with Gasteiger partial charge >= 0.3 is 0 Å². The van der Waals surface area contributed by atoms with Crippen LogP contribution in [0.4, 0.5) is 0 Å². The van der Waals surface area contributed by atoms with E-state index in [1.54, 1.807) is 6.07 Å². The minimum Gasteiger partial charge on any atom is -0.486 e. The molecule has 5 rings (SSSR count). The van der Waals surface area contributed by atoms with E-state index in [9.17, 15) is 9.90 Å². The standard InChI is InChI=1S/C17H16O7/c1-20-16-14-9-5-11-12(22-7-21-11)6-10(9)23-15(14)17(19)3-2-8(18)4-13(17)24-16/h4-6,14-16,19H,2-3,7H2,1H3/t14-,15+,16-,17+/m0/s1. The third kappa shape index (κ3) is 1.71. The van der Waals surface area contributed by atoms with E-state index in [-0.39, 0.29) is 37.1 Å². The SMILES string of the molecule is CO[C@H]1OC2=CC(=O)CC[C@]2(O)[C@@H]2Oc3cc4c(cc3[C@H]12)OCO4. The number of carbonyl (C=O) groups is 1. The summed E-state index contributed by atoms with van der Waals surface area (Å²) in [7, 11) is 1.53. The predicted octanol–water partition coefficient (Wildman–Crippen LogP) is 1.24. The number of fused-ring (bicyclic) bond motifs is 6. The predicted molar refractivity (Wildman–Crippen MR) is 78.9 cm³/mol. The van der Waals surface area contributed by atoms with E-state index in [2.05, 4.69) is 0 Å². The zero-order valence-corrected chi connectivity index (χ0v) is 13.0. The second kappa shape index (κ2) is 4.64. The molecule has 3 aliphatic heterocycles. The Bertz CT molecular complexity index is 770. The molecule has 1 aromatic rings. The van der Waals surface area contributed by atoms with Crippen molar-refractivity contribution in [2.45, 2.75) is 36.8 Å². The van der Waals surface area contributed by atoms with Crippen LogP contribution < -0.4 is 14.2 Å². The van der Waals surface area contributed by atoms with Crippen LogP contribution in [-0.2, 0) is 14.3 Å². The number of allylic oxidation sites excluding steroid dienone is 1. The molecule has 24 heavy (non-hydrogen) atoms. The normalized spacial score (nSPS) is 35.3. The van der Waals surface area contributed by atoms with Gasteiger partial charge in [0.1, 0.15) is 17.6 Å². The Kier molecular flexibility index (Phi) is 2.73. The van der Waals surface area contributed by atoms with Crippen LogP contribution in [0.15, 0.2) is 24.0 Å². The number of hydrogen-bond acceptors (Lipinski definition) is 7. The molecule has 0 radical (unpaired) electrons. The summed E-state index contributed by atoms with van der Waals surface area (Å²) in [6.45, 7) is 0.176. The number of rotatable bonds is 1. The van der Waals surface area contributed by atoms with Crippen LogP contribution in [0, 0.1) is 0 Å². The van der Waals surface area contributed by atoms with Crippen molar-refractivity contribution in [1.82, 2.24) is 0 Å². The number of benzene rings is 1. The first-order chi connectivity index (χ1) is 11.6. The summed E-state index contributed by atoms with van der Waals surface area (Å²) < 4.78 is 28.2. The summed E-state index contributed by atoms with van der Waals surface area (Å²) in [6.07, 6.45) is 0.620. The summed E-state index contributed by atoms with van der Waals surface area (Å²) in [6, 6.07) is 3.62. The molecule has 1 fully saturated rings. The maximum absolute atomic E-state index is 11.7. The quantitative estimate of drug-likeness (QED) is 0.828. The van der Waals surface area contributed by atoms with E-state index in [4.69, 9.17) is 23.7 Å². The Morgan fingerprint density at radius 3 is 2.79 bits per heavy atom. The molecule has 0 bridgehead atoms. The van der Waals surface area contributed by atoms with Crippen LogP contribution in [-0.4, -0.2) is 42.8 Å². The minimum absolute atomic E-state index is 0.0701. The van der Waals surface area contributed by atoms with Gasteiger partial charge in [-0.3, -0.25) is 4.79 Å². The monoisotopic (exact) mass is 332 g/mol. The minimum atomic E-state index is -1.35. The molecular formula is C17H16O7. The van der Waals surface area contributed by atoms with E-state index in [0.29, 0.717) is 17.2 Å². The fourth-order valence-corrected chi connectivity index (χ4v) is 3.95. The van der Waals surface area contributed by atoms with Gasteiger partial charge in [-0.15, -0.1) is 0 Å². The molecule has 4 atom stereocenters. The molecule has 1 aromatic carbocycles. The van der Waals surface area contributed by atoms with Gasteiger partial charge in [0.25, 0.3) is 0 Å². The molecule has 1 saturated heterocycles. The third-order valence-electron chi connectivity index (χ3n) is 5.15. The van der Waals surface area contributed by atoms with E-state index in [1.165, 1.54) is 13.2 Å². The largest absolute Gasteiger partial charge is 0.486 e. The van der Waals surface area contributed by atoms with Crippen molar-refractivity contribution in [1.29, 1.82) is 0 Å². The van der Waals surface area contributed by atoms with Crippen molar-refractivity contribution in [3.8, 4) is 17.2 Å². The highest BCUT2D eigenvalue weighted by molar-refractivity contribution is 5.91. The molecule has 0 spiro atoms. The number of methoxy groups -OCH3 is 1. The highest BCUT2D eigenvalue weighted by atomic mass is 16.7.